The molecule has 0 spiro atoms. The molecule has 0 N–H and O–H groups in total. The van der Waals surface area contributed by atoms with E-state index in [9.17, 15) is 21.6 Å². The molecule has 0 bridgehead atoms. The van der Waals surface area contributed by atoms with Gasteiger partial charge in [-0.2, -0.15) is 13.2 Å². The molecule has 2 aromatic rings. The number of rotatable bonds is 6. The molecule has 2 aromatic carbocycles. The minimum Gasteiger partial charge on any atom is -0.304 e. The van der Waals surface area contributed by atoms with Crippen LogP contribution >= 0.6 is 0 Å². The number of fused-ring (bicyclic) bond motifs is 1. The maximum Gasteiger partial charge on any atom is 0.416 e. The molecule has 0 amide bonds. The first-order valence-corrected chi connectivity index (χ1v) is 12.1. The lowest BCUT2D eigenvalue weighted by molar-refractivity contribution is -0.137. The summed E-state index contributed by atoms with van der Waals surface area (Å²) in [7, 11) is -3.71. The molecule has 3 nitrogen and oxygen atoms in total. The molecular weight excluding hydrogens is 435 g/mol. The van der Waals surface area contributed by atoms with E-state index >= 15 is 0 Å². The molecule has 7 heteroatoms. The first-order valence-electron chi connectivity index (χ1n) is 10.6. The number of benzene rings is 2. The Hall–Kier alpha value is -2.56. The highest BCUT2D eigenvalue weighted by molar-refractivity contribution is 7.95. The van der Waals surface area contributed by atoms with Crippen molar-refractivity contribution in [2.24, 2.45) is 0 Å². The van der Waals surface area contributed by atoms with Gasteiger partial charge < -0.3 is 4.90 Å². The zero-order valence-electron chi connectivity index (χ0n) is 18.4. The Kier molecular flexibility index (Phi) is 7.16. The van der Waals surface area contributed by atoms with Crippen LogP contribution in [0.3, 0.4) is 0 Å². The lowest BCUT2D eigenvalue weighted by Gasteiger charge is -2.16. The van der Waals surface area contributed by atoms with Gasteiger partial charge in [-0.05, 0) is 62.8 Å². The second kappa shape index (κ2) is 9.51. The number of sulfone groups is 1. The van der Waals surface area contributed by atoms with Gasteiger partial charge >= 0.3 is 6.18 Å². The van der Waals surface area contributed by atoms with Gasteiger partial charge in [0.15, 0.2) is 0 Å². The van der Waals surface area contributed by atoms with Crippen LogP contribution < -0.4 is 0 Å². The van der Waals surface area contributed by atoms with Crippen LogP contribution in [0.25, 0.3) is 5.57 Å². The minimum absolute atomic E-state index is 0.136. The van der Waals surface area contributed by atoms with Crippen molar-refractivity contribution < 1.29 is 21.6 Å². The molecule has 3 rings (SSSR count). The normalized spacial score (nSPS) is 15.0. The van der Waals surface area contributed by atoms with Crippen LogP contribution in [0.1, 0.15) is 55.9 Å². The number of unbranched alkanes of at least 4 members (excludes halogenated alkanes) is 1. The molecule has 1 heterocycles. The van der Waals surface area contributed by atoms with Gasteiger partial charge in [0.1, 0.15) is 0 Å². The van der Waals surface area contributed by atoms with E-state index in [0.29, 0.717) is 28.7 Å². The summed E-state index contributed by atoms with van der Waals surface area (Å²) in [4.78, 5) is 2.61. The topological polar surface area (TPSA) is 37.4 Å². The third kappa shape index (κ3) is 4.92. The fourth-order valence-corrected chi connectivity index (χ4v) is 5.37. The van der Waals surface area contributed by atoms with Crippen molar-refractivity contribution in [3.8, 4) is 11.8 Å². The highest BCUT2D eigenvalue weighted by Crippen LogP contribution is 2.43. The third-order valence-electron chi connectivity index (χ3n) is 5.70. The summed E-state index contributed by atoms with van der Waals surface area (Å²) in [5.74, 6) is 6.15. The lowest BCUT2D eigenvalue weighted by Crippen LogP contribution is -2.23. The van der Waals surface area contributed by atoms with Gasteiger partial charge in [-0.25, -0.2) is 8.42 Å². The van der Waals surface area contributed by atoms with E-state index in [1.54, 1.807) is 18.2 Å². The maximum atomic E-state index is 13.0. The zero-order chi connectivity index (χ0) is 23.5. The van der Waals surface area contributed by atoms with Gasteiger partial charge in [-0.3, -0.25) is 0 Å². The highest BCUT2D eigenvalue weighted by Gasteiger charge is 2.34. The summed E-state index contributed by atoms with van der Waals surface area (Å²) in [6.45, 7) is 8.70. The van der Waals surface area contributed by atoms with E-state index in [1.165, 1.54) is 19.1 Å². The number of nitrogens with zero attached hydrogens (tertiary/aromatic N) is 1. The number of alkyl halides is 3. The number of hydrogen-bond acceptors (Lipinski definition) is 3. The van der Waals surface area contributed by atoms with Crippen LogP contribution in [0.4, 0.5) is 13.2 Å². The monoisotopic (exact) mass is 461 g/mol. The molecular formula is C25H26F3NO2S. The average molecular weight is 462 g/mol. The molecule has 1 aliphatic rings. The summed E-state index contributed by atoms with van der Waals surface area (Å²) in [5.41, 5.74) is 1.21. The van der Waals surface area contributed by atoms with Gasteiger partial charge in [-0.15, -0.1) is 0 Å². The van der Waals surface area contributed by atoms with Gasteiger partial charge in [-0.1, -0.05) is 43.9 Å². The Morgan fingerprint density at radius 3 is 2.25 bits per heavy atom. The van der Waals surface area contributed by atoms with E-state index < -0.39 is 21.6 Å². The SMILES string of the molecule is CCN(CC)CCCC#Cc1ccc2c(c1)S(=O)(=O)C(C)=C2c1ccc(C(F)(F)F)cc1. The summed E-state index contributed by atoms with van der Waals surface area (Å²) >= 11 is 0. The third-order valence-corrected chi connectivity index (χ3v) is 7.63. The Morgan fingerprint density at radius 2 is 1.66 bits per heavy atom. The predicted molar refractivity (Wildman–Crippen MR) is 121 cm³/mol. The molecule has 1 aliphatic heterocycles. The first kappa shape index (κ1) is 24.1. The summed E-state index contributed by atoms with van der Waals surface area (Å²) in [6.07, 6.45) is -2.79. The van der Waals surface area contributed by atoms with Crippen molar-refractivity contribution in [2.75, 3.05) is 19.6 Å². The van der Waals surface area contributed by atoms with Crippen LogP contribution in [0, 0.1) is 11.8 Å². The van der Waals surface area contributed by atoms with E-state index in [0.717, 1.165) is 38.2 Å². The summed E-state index contributed by atoms with van der Waals surface area (Å²) in [6, 6.07) is 9.58. The van der Waals surface area contributed by atoms with E-state index in [1.807, 2.05) is 0 Å². The molecule has 0 atom stereocenters. The maximum absolute atomic E-state index is 13.0. The highest BCUT2D eigenvalue weighted by atomic mass is 32.2. The Balaban J connectivity index is 1.85. The molecule has 0 saturated carbocycles. The Bertz CT molecular complexity index is 1180. The van der Waals surface area contributed by atoms with Crippen LogP contribution in [-0.2, 0) is 16.0 Å². The Labute approximate surface area is 187 Å². The molecule has 0 aliphatic carbocycles. The van der Waals surface area contributed by atoms with Gasteiger partial charge in [0.05, 0.1) is 15.4 Å². The van der Waals surface area contributed by atoms with Crippen LogP contribution in [-0.4, -0.2) is 33.0 Å². The molecule has 170 valence electrons. The van der Waals surface area contributed by atoms with Gasteiger partial charge in [0.25, 0.3) is 0 Å². The first-order chi connectivity index (χ1) is 15.1. The van der Waals surface area contributed by atoms with Crippen molar-refractivity contribution in [2.45, 2.75) is 44.7 Å². The van der Waals surface area contributed by atoms with Crippen LogP contribution in [0.15, 0.2) is 52.3 Å². The van der Waals surface area contributed by atoms with Gasteiger partial charge in [0, 0.05) is 23.1 Å². The van der Waals surface area contributed by atoms with Crippen molar-refractivity contribution in [1.82, 2.24) is 4.90 Å². The average Bonchev–Trinajstić information content (AvgIpc) is 2.96. The van der Waals surface area contributed by atoms with E-state index in [-0.39, 0.29) is 9.80 Å². The van der Waals surface area contributed by atoms with Crippen LogP contribution in [0.2, 0.25) is 0 Å². The number of allylic oxidation sites excluding steroid dienone is 1. The van der Waals surface area contributed by atoms with Crippen LogP contribution in [0.5, 0.6) is 0 Å². The Morgan fingerprint density at radius 1 is 1.00 bits per heavy atom. The molecule has 0 radical (unpaired) electrons. The summed E-state index contributed by atoms with van der Waals surface area (Å²) in [5, 5.41) is 0. The second-order valence-corrected chi connectivity index (χ2v) is 9.71. The summed E-state index contributed by atoms with van der Waals surface area (Å²) < 4.78 is 64.6. The smallest absolute Gasteiger partial charge is 0.304 e. The minimum atomic E-state index is -4.44. The van der Waals surface area contributed by atoms with E-state index in [2.05, 4.69) is 30.6 Å². The number of halogens is 3. The molecule has 0 saturated heterocycles. The molecule has 32 heavy (non-hydrogen) atoms. The number of hydrogen-bond donors (Lipinski definition) is 0. The van der Waals surface area contributed by atoms with Gasteiger partial charge in [0.2, 0.25) is 9.84 Å². The van der Waals surface area contributed by atoms with Crippen molar-refractivity contribution in [3.05, 3.63) is 69.6 Å². The molecule has 0 unspecified atom stereocenters. The van der Waals surface area contributed by atoms with E-state index in [4.69, 9.17) is 0 Å². The molecule has 0 aromatic heterocycles. The fraction of sp³-hybridized carbons (Fsp3) is 0.360. The second-order valence-electron chi connectivity index (χ2n) is 7.65. The fourth-order valence-electron chi connectivity index (χ4n) is 3.80. The zero-order valence-corrected chi connectivity index (χ0v) is 19.2. The van der Waals surface area contributed by atoms with Crippen molar-refractivity contribution in [3.63, 3.8) is 0 Å². The standard InChI is InChI=1S/C25H26F3NO2S/c1-4-29(5-2)16-8-6-7-9-19-10-15-22-23(17-19)32(30,31)18(3)24(22)20-11-13-21(14-12-20)25(26,27)28/h10-15,17H,4-6,8,16H2,1-3H3. The molecule has 0 fully saturated rings. The predicted octanol–water partition coefficient (Wildman–Crippen LogP) is 5.75. The quantitative estimate of drug-likeness (QED) is 0.406. The van der Waals surface area contributed by atoms with Crippen molar-refractivity contribution >= 4 is 15.4 Å². The lowest BCUT2D eigenvalue weighted by atomic mass is 9.96. The largest absolute Gasteiger partial charge is 0.416 e. The van der Waals surface area contributed by atoms with Crippen molar-refractivity contribution in [1.29, 1.82) is 0 Å².